The van der Waals surface area contributed by atoms with Gasteiger partial charge in [0, 0.05) is 22.6 Å². The molecule has 0 radical (unpaired) electrons. The van der Waals surface area contributed by atoms with Crippen LogP contribution in [0.2, 0.25) is 5.02 Å². The Morgan fingerprint density at radius 2 is 1.67 bits per heavy atom. The van der Waals surface area contributed by atoms with E-state index in [9.17, 15) is 18.0 Å². The average molecular weight is 635 g/mol. The number of carbonyl (C=O) groups excluding carboxylic acids is 2. The second-order valence-electron chi connectivity index (χ2n) is 9.72. The highest BCUT2D eigenvalue weighted by Gasteiger charge is 2.33. The van der Waals surface area contributed by atoms with Crippen molar-refractivity contribution in [3.8, 4) is 0 Å². The highest BCUT2D eigenvalue weighted by molar-refractivity contribution is 9.10. The van der Waals surface area contributed by atoms with Crippen LogP contribution >= 0.6 is 27.5 Å². The van der Waals surface area contributed by atoms with Gasteiger partial charge in [0.1, 0.15) is 12.6 Å². The number of carbonyl (C=O) groups is 2. The maximum atomic E-state index is 14.0. The number of nitrogens with one attached hydrogen (secondary N) is 1. The van der Waals surface area contributed by atoms with Crippen LogP contribution in [0.25, 0.3) is 0 Å². The molecule has 1 N–H and O–H groups in total. The van der Waals surface area contributed by atoms with Crippen molar-refractivity contribution in [1.82, 2.24) is 10.2 Å². The van der Waals surface area contributed by atoms with E-state index >= 15 is 0 Å². The predicted molar refractivity (Wildman–Crippen MR) is 159 cm³/mol. The van der Waals surface area contributed by atoms with E-state index in [0.717, 1.165) is 14.3 Å². The van der Waals surface area contributed by atoms with Gasteiger partial charge in [-0.1, -0.05) is 77.8 Å². The van der Waals surface area contributed by atoms with Gasteiger partial charge in [-0.15, -0.1) is 0 Å². The Hall–Kier alpha value is -2.88. The van der Waals surface area contributed by atoms with Crippen LogP contribution in [-0.4, -0.2) is 44.3 Å². The molecule has 3 aromatic rings. The number of sulfonamides is 1. The van der Waals surface area contributed by atoms with Gasteiger partial charge in [-0.05, 0) is 67.3 Å². The predicted octanol–water partition coefficient (Wildman–Crippen LogP) is 5.80. The number of halogens is 2. The largest absolute Gasteiger partial charge is 0.354 e. The molecule has 0 aliphatic carbocycles. The maximum Gasteiger partial charge on any atom is 0.264 e. The van der Waals surface area contributed by atoms with Gasteiger partial charge in [0.2, 0.25) is 11.8 Å². The fraction of sp³-hybridized carbons (Fsp3) is 0.310. The summed E-state index contributed by atoms with van der Waals surface area (Å²) < 4.78 is 29.6. The first-order chi connectivity index (χ1) is 18.4. The van der Waals surface area contributed by atoms with E-state index in [4.69, 9.17) is 11.6 Å². The molecule has 0 saturated heterocycles. The summed E-state index contributed by atoms with van der Waals surface area (Å²) in [7, 11) is -4.15. The third-order valence-electron chi connectivity index (χ3n) is 6.14. The highest BCUT2D eigenvalue weighted by atomic mass is 79.9. The number of nitrogens with zero attached hydrogens (tertiary/aromatic N) is 2. The SMILES string of the molecule is Cc1ccc(Cl)cc1N(CC(=O)N(Cc1cccc(Br)c1)[C@H](C)C(=O)NCC(C)C)S(=O)(=O)c1ccccc1. The minimum Gasteiger partial charge on any atom is -0.354 e. The first kappa shape index (κ1) is 30.7. The molecule has 0 unspecified atom stereocenters. The van der Waals surface area contributed by atoms with Gasteiger partial charge in [0.25, 0.3) is 10.0 Å². The Kier molecular flexibility index (Phi) is 10.6. The summed E-state index contributed by atoms with van der Waals surface area (Å²) in [5.74, 6) is -0.614. The zero-order valence-corrected chi connectivity index (χ0v) is 25.6. The van der Waals surface area contributed by atoms with E-state index in [2.05, 4.69) is 21.2 Å². The molecule has 0 saturated carbocycles. The van der Waals surface area contributed by atoms with Crippen LogP contribution in [0.15, 0.2) is 82.2 Å². The van der Waals surface area contributed by atoms with Gasteiger partial charge in [0.15, 0.2) is 0 Å². The molecular formula is C29H33BrClN3O4S. The fourth-order valence-electron chi connectivity index (χ4n) is 3.95. The van der Waals surface area contributed by atoms with Crippen molar-refractivity contribution < 1.29 is 18.0 Å². The van der Waals surface area contributed by atoms with Crippen LogP contribution < -0.4 is 9.62 Å². The number of amides is 2. The Morgan fingerprint density at radius 3 is 2.31 bits per heavy atom. The molecule has 208 valence electrons. The molecule has 0 bridgehead atoms. The molecule has 3 aromatic carbocycles. The van der Waals surface area contributed by atoms with Gasteiger partial charge in [-0.2, -0.15) is 0 Å². The first-order valence-corrected chi connectivity index (χ1v) is 15.2. The molecule has 7 nitrogen and oxygen atoms in total. The van der Waals surface area contributed by atoms with Gasteiger partial charge < -0.3 is 10.2 Å². The van der Waals surface area contributed by atoms with Crippen LogP contribution in [-0.2, 0) is 26.2 Å². The van der Waals surface area contributed by atoms with Gasteiger partial charge in [0.05, 0.1) is 10.6 Å². The Labute approximate surface area is 244 Å². The van der Waals surface area contributed by atoms with Gasteiger partial charge in [-0.25, -0.2) is 8.42 Å². The minimum atomic E-state index is -4.15. The van der Waals surface area contributed by atoms with E-state index in [1.165, 1.54) is 23.1 Å². The van der Waals surface area contributed by atoms with E-state index in [1.54, 1.807) is 44.2 Å². The molecule has 3 rings (SSSR count). The molecule has 0 heterocycles. The third-order valence-corrected chi connectivity index (χ3v) is 8.65. The molecule has 0 aliphatic heterocycles. The Bertz CT molecular complexity index is 1420. The number of hydrogen-bond acceptors (Lipinski definition) is 4. The van der Waals surface area contributed by atoms with Crippen molar-refractivity contribution >= 4 is 55.1 Å². The van der Waals surface area contributed by atoms with Crippen LogP contribution in [0.4, 0.5) is 5.69 Å². The van der Waals surface area contributed by atoms with Crippen molar-refractivity contribution in [3.05, 3.63) is 93.4 Å². The molecule has 39 heavy (non-hydrogen) atoms. The summed E-state index contributed by atoms with van der Waals surface area (Å²) >= 11 is 9.71. The topological polar surface area (TPSA) is 86.8 Å². The van der Waals surface area contributed by atoms with Crippen LogP contribution in [0, 0.1) is 12.8 Å². The monoisotopic (exact) mass is 633 g/mol. The molecule has 2 amide bonds. The second-order valence-corrected chi connectivity index (χ2v) is 12.9. The highest BCUT2D eigenvalue weighted by Crippen LogP contribution is 2.30. The van der Waals surface area contributed by atoms with Crippen molar-refractivity contribution in [2.24, 2.45) is 5.92 Å². The van der Waals surface area contributed by atoms with E-state index < -0.39 is 28.5 Å². The Morgan fingerprint density at radius 1 is 0.974 bits per heavy atom. The fourth-order valence-corrected chi connectivity index (χ4v) is 6.06. The molecule has 0 aliphatic rings. The van der Waals surface area contributed by atoms with E-state index in [0.29, 0.717) is 22.8 Å². The van der Waals surface area contributed by atoms with Crippen LogP contribution in [0.3, 0.4) is 0 Å². The molecule has 0 fully saturated rings. The lowest BCUT2D eigenvalue weighted by atomic mass is 10.1. The van der Waals surface area contributed by atoms with E-state index in [-0.39, 0.29) is 23.3 Å². The van der Waals surface area contributed by atoms with Gasteiger partial charge >= 0.3 is 0 Å². The maximum absolute atomic E-state index is 14.0. The first-order valence-electron chi connectivity index (χ1n) is 12.6. The van der Waals surface area contributed by atoms with Crippen molar-refractivity contribution in [2.45, 2.75) is 45.2 Å². The lowest BCUT2D eigenvalue weighted by Crippen LogP contribution is -2.51. The van der Waals surface area contributed by atoms with Crippen LogP contribution in [0.5, 0.6) is 0 Å². The number of aryl methyl sites for hydroxylation is 1. The second kappa shape index (κ2) is 13.5. The standard InChI is InChI=1S/C29H33BrClN3O4S/c1-20(2)17-32-29(36)22(4)33(18-23-9-8-10-24(30)15-23)28(35)19-34(27-16-25(31)14-13-21(27)3)39(37,38)26-11-6-5-7-12-26/h5-16,20,22H,17-19H2,1-4H3,(H,32,36)/t22-/m1/s1. The summed E-state index contributed by atoms with van der Waals surface area (Å²) in [6.07, 6.45) is 0. The molecular weight excluding hydrogens is 602 g/mol. The van der Waals surface area contributed by atoms with Crippen molar-refractivity contribution in [1.29, 1.82) is 0 Å². The number of benzene rings is 3. The number of rotatable bonds is 11. The summed E-state index contributed by atoms with van der Waals surface area (Å²) in [6, 6.07) is 19.4. The third kappa shape index (κ3) is 8.06. The normalized spacial score (nSPS) is 12.2. The molecule has 10 heteroatoms. The van der Waals surface area contributed by atoms with Crippen LogP contribution in [0.1, 0.15) is 31.9 Å². The van der Waals surface area contributed by atoms with Crippen molar-refractivity contribution in [2.75, 3.05) is 17.4 Å². The lowest BCUT2D eigenvalue weighted by molar-refractivity contribution is -0.139. The average Bonchev–Trinajstić information content (AvgIpc) is 2.90. The zero-order chi connectivity index (χ0) is 28.7. The number of anilines is 1. The molecule has 0 spiro atoms. The molecule has 1 atom stereocenters. The Balaban J connectivity index is 2.04. The zero-order valence-electron chi connectivity index (χ0n) is 22.4. The number of hydrogen-bond donors (Lipinski definition) is 1. The lowest BCUT2D eigenvalue weighted by Gasteiger charge is -2.32. The smallest absolute Gasteiger partial charge is 0.264 e. The van der Waals surface area contributed by atoms with Gasteiger partial charge in [-0.3, -0.25) is 13.9 Å². The quantitative estimate of drug-likeness (QED) is 0.289. The summed E-state index contributed by atoms with van der Waals surface area (Å²) in [4.78, 5) is 28.5. The van der Waals surface area contributed by atoms with Crippen molar-refractivity contribution in [3.63, 3.8) is 0 Å². The molecule has 0 aromatic heterocycles. The minimum absolute atomic E-state index is 0.0402. The summed E-state index contributed by atoms with van der Waals surface area (Å²) in [5.41, 5.74) is 1.71. The summed E-state index contributed by atoms with van der Waals surface area (Å²) in [6.45, 7) is 7.41. The summed E-state index contributed by atoms with van der Waals surface area (Å²) in [5, 5.41) is 3.22. The van der Waals surface area contributed by atoms with E-state index in [1.807, 2.05) is 38.1 Å².